The summed E-state index contributed by atoms with van der Waals surface area (Å²) in [7, 11) is 0. The van der Waals surface area contributed by atoms with Gasteiger partial charge in [0.05, 0.1) is 17.0 Å². The van der Waals surface area contributed by atoms with Crippen molar-refractivity contribution >= 4 is 34.8 Å². The van der Waals surface area contributed by atoms with Gasteiger partial charge in [0.2, 0.25) is 0 Å². The van der Waals surface area contributed by atoms with Gasteiger partial charge in [-0.05, 0) is 36.6 Å². The largest absolute Gasteiger partial charge is 0.270 e. The van der Waals surface area contributed by atoms with Crippen LogP contribution in [0.4, 0.5) is 5.69 Å². The number of hydrogen-bond donors (Lipinski definition) is 1. The number of imide groups is 1. The summed E-state index contributed by atoms with van der Waals surface area (Å²) < 4.78 is 0. The van der Waals surface area contributed by atoms with Crippen LogP contribution in [0.25, 0.3) is 5.70 Å². The molecule has 138 valence electrons. The molecule has 1 fully saturated rings. The van der Waals surface area contributed by atoms with Gasteiger partial charge in [0, 0.05) is 10.6 Å². The van der Waals surface area contributed by atoms with Gasteiger partial charge >= 0.3 is 0 Å². The minimum Gasteiger partial charge on any atom is -0.270 e. The van der Waals surface area contributed by atoms with Gasteiger partial charge in [-0.1, -0.05) is 55.3 Å². The number of nitrogens with one attached hydrogen (secondary N) is 1. The Bertz CT molecular complexity index is 937. The maximum absolute atomic E-state index is 13.0. The minimum absolute atomic E-state index is 0.295. The Labute approximate surface area is 162 Å². The van der Waals surface area contributed by atoms with E-state index in [-0.39, 0.29) is 5.91 Å². The Hall–Kier alpha value is -2.63. The van der Waals surface area contributed by atoms with Crippen molar-refractivity contribution in [1.29, 1.82) is 0 Å². The second kappa shape index (κ2) is 7.18. The third-order valence-electron chi connectivity index (χ3n) is 4.85. The van der Waals surface area contributed by atoms with Crippen molar-refractivity contribution in [2.45, 2.75) is 32.3 Å². The number of nitrogens with zero attached hydrogens (tertiary/aromatic N) is 1. The lowest BCUT2D eigenvalue weighted by Crippen LogP contribution is -2.34. The first-order chi connectivity index (χ1) is 13.1. The number of hydroxylamine groups is 1. The predicted molar refractivity (Wildman–Crippen MR) is 104 cm³/mol. The molecule has 5 nitrogen and oxygen atoms in total. The van der Waals surface area contributed by atoms with Crippen LogP contribution in [-0.2, 0) is 20.8 Å². The zero-order valence-corrected chi connectivity index (χ0v) is 15.6. The molecule has 0 radical (unpaired) electrons. The highest BCUT2D eigenvalue weighted by molar-refractivity contribution is 6.35. The number of aryl methyl sites for hydroxylation is 1. The lowest BCUT2D eigenvalue weighted by Gasteiger charge is -2.16. The monoisotopic (exact) mass is 382 g/mol. The second-order valence-corrected chi connectivity index (χ2v) is 7.02. The zero-order chi connectivity index (χ0) is 19.0. The molecule has 2 amide bonds. The number of amides is 2. The number of unbranched alkanes of at least 4 members (excludes halogenated alkanes) is 1. The molecular weight excluding hydrogens is 364 g/mol. The molecule has 0 spiro atoms. The number of anilines is 1. The first kappa shape index (κ1) is 17.8. The van der Waals surface area contributed by atoms with E-state index in [1.54, 1.807) is 18.2 Å². The van der Waals surface area contributed by atoms with Gasteiger partial charge < -0.3 is 0 Å². The van der Waals surface area contributed by atoms with Crippen molar-refractivity contribution in [3.05, 3.63) is 70.3 Å². The topological polar surface area (TPSA) is 58.6 Å². The number of rotatable bonds is 5. The highest BCUT2D eigenvalue weighted by atomic mass is 35.5. The van der Waals surface area contributed by atoms with Gasteiger partial charge in [-0.25, -0.2) is 4.90 Å². The summed E-state index contributed by atoms with van der Waals surface area (Å²) in [6.45, 7) is 2.15. The normalized spacial score (nSPS) is 18.9. The molecule has 27 heavy (non-hydrogen) atoms. The van der Waals surface area contributed by atoms with Gasteiger partial charge in [0.15, 0.2) is 6.10 Å². The van der Waals surface area contributed by atoms with Gasteiger partial charge in [-0.3, -0.25) is 19.9 Å². The van der Waals surface area contributed by atoms with Crippen molar-refractivity contribution in [1.82, 2.24) is 5.48 Å². The standard InChI is InChI=1S/C21H19ClN2O3/c1-2-3-6-13-9-11-14(12-10-13)24-20(25)17-18(23-27-19(17)21(24)26)15-7-4-5-8-16(15)22/h4-5,7-12,19,23H,2-3,6H2,1H3/t19-/m0/s1. The minimum atomic E-state index is -0.955. The lowest BCUT2D eigenvalue weighted by atomic mass is 10.0. The number of hydrogen-bond acceptors (Lipinski definition) is 4. The van der Waals surface area contributed by atoms with Crippen molar-refractivity contribution in [3.8, 4) is 0 Å². The van der Waals surface area contributed by atoms with Crippen molar-refractivity contribution < 1.29 is 14.4 Å². The molecule has 2 heterocycles. The van der Waals surface area contributed by atoms with E-state index in [1.807, 2.05) is 30.3 Å². The summed E-state index contributed by atoms with van der Waals surface area (Å²) in [6, 6.07) is 14.7. The van der Waals surface area contributed by atoms with Crippen LogP contribution in [0.15, 0.2) is 54.1 Å². The van der Waals surface area contributed by atoms with Gasteiger partial charge in [-0.2, -0.15) is 0 Å². The van der Waals surface area contributed by atoms with E-state index in [0.29, 0.717) is 27.5 Å². The van der Waals surface area contributed by atoms with Gasteiger partial charge in [0.1, 0.15) is 0 Å². The SMILES string of the molecule is CCCCc1ccc(N2C(=O)C3=C(c4ccccc4Cl)NO[C@@H]3C2=O)cc1. The Morgan fingerprint density at radius 1 is 1.11 bits per heavy atom. The van der Waals surface area contributed by atoms with Crippen LogP contribution in [0.1, 0.15) is 30.9 Å². The fourth-order valence-corrected chi connectivity index (χ4v) is 3.62. The Morgan fingerprint density at radius 2 is 1.85 bits per heavy atom. The molecule has 0 aromatic heterocycles. The van der Waals surface area contributed by atoms with Crippen molar-refractivity contribution in [2.75, 3.05) is 4.90 Å². The quantitative estimate of drug-likeness (QED) is 0.797. The highest BCUT2D eigenvalue weighted by Gasteiger charge is 2.50. The Morgan fingerprint density at radius 3 is 2.56 bits per heavy atom. The molecular formula is C21H19ClN2O3. The summed E-state index contributed by atoms with van der Waals surface area (Å²) >= 11 is 6.25. The van der Waals surface area contributed by atoms with Crippen molar-refractivity contribution in [2.24, 2.45) is 0 Å². The smallest absolute Gasteiger partial charge is 0.270 e. The molecule has 2 aromatic carbocycles. The maximum atomic E-state index is 13.0. The summed E-state index contributed by atoms with van der Waals surface area (Å²) in [5.41, 5.74) is 5.83. The first-order valence-electron chi connectivity index (χ1n) is 8.99. The average molecular weight is 383 g/mol. The third kappa shape index (κ3) is 3.03. The van der Waals surface area contributed by atoms with Crippen LogP contribution in [0.3, 0.4) is 0 Å². The molecule has 2 aromatic rings. The van der Waals surface area contributed by atoms with Crippen LogP contribution < -0.4 is 10.4 Å². The summed E-state index contributed by atoms with van der Waals surface area (Å²) in [6.07, 6.45) is 2.26. The fraction of sp³-hybridized carbons (Fsp3) is 0.238. The van der Waals surface area contributed by atoms with Crippen LogP contribution in [0.2, 0.25) is 5.02 Å². The summed E-state index contributed by atoms with van der Waals surface area (Å²) in [5, 5.41) is 0.482. The third-order valence-corrected chi connectivity index (χ3v) is 5.17. The number of fused-ring (bicyclic) bond motifs is 1. The van der Waals surface area contributed by atoms with E-state index in [4.69, 9.17) is 16.4 Å². The fourth-order valence-electron chi connectivity index (χ4n) is 3.39. The van der Waals surface area contributed by atoms with E-state index in [9.17, 15) is 9.59 Å². The highest BCUT2D eigenvalue weighted by Crippen LogP contribution is 2.37. The predicted octanol–water partition coefficient (Wildman–Crippen LogP) is 3.87. The van der Waals surface area contributed by atoms with Crippen LogP contribution >= 0.6 is 11.6 Å². The molecule has 1 atom stereocenters. The van der Waals surface area contributed by atoms with E-state index in [0.717, 1.165) is 19.3 Å². The Kier molecular flexibility index (Phi) is 4.72. The molecule has 0 saturated carbocycles. The molecule has 1 N–H and O–H groups in total. The van der Waals surface area contributed by atoms with E-state index >= 15 is 0 Å². The zero-order valence-electron chi connectivity index (χ0n) is 14.9. The molecule has 4 rings (SSSR count). The van der Waals surface area contributed by atoms with Crippen LogP contribution in [-0.4, -0.2) is 17.9 Å². The molecule has 0 aliphatic carbocycles. The molecule has 2 aliphatic heterocycles. The lowest BCUT2D eigenvalue weighted by molar-refractivity contribution is -0.127. The van der Waals surface area contributed by atoms with Gasteiger partial charge in [-0.15, -0.1) is 0 Å². The van der Waals surface area contributed by atoms with Crippen LogP contribution in [0.5, 0.6) is 0 Å². The second-order valence-electron chi connectivity index (χ2n) is 6.62. The molecule has 1 saturated heterocycles. The summed E-state index contributed by atoms with van der Waals surface area (Å²) in [5.74, 6) is -0.780. The summed E-state index contributed by atoms with van der Waals surface area (Å²) in [4.78, 5) is 32.4. The Balaban J connectivity index is 1.68. The van der Waals surface area contributed by atoms with E-state index in [2.05, 4.69) is 12.4 Å². The number of carbonyl (C=O) groups excluding carboxylic acids is 2. The van der Waals surface area contributed by atoms with Gasteiger partial charge in [0.25, 0.3) is 11.8 Å². The van der Waals surface area contributed by atoms with Crippen molar-refractivity contribution in [3.63, 3.8) is 0 Å². The number of carbonyl (C=O) groups is 2. The molecule has 0 bridgehead atoms. The molecule has 6 heteroatoms. The average Bonchev–Trinajstić information content (AvgIpc) is 3.21. The number of halogens is 1. The van der Waals surface area contributed by atoms with E-state index in [1.165, 1.54) is 10.5 Å². The number of benzene rings is 2. The first-order valence-corrected chi connectivity index (χ1v) is 9.37. The molecule has 0 unspecified atom stereocenters. The van der Waals surface area contributed by atoms with Crippen LogP contribution in [0, 0.1) is 0 Å². The maximum Gasteiger partial charge on any atom is 0.270 e. The molecule has 2 aliphatic rings. The van der Waals surface area contributed by atoms with E-state index < -0.39 is 12.0 Å².